The van der Waals surface area contributed by atoms with Gasteiger partial charge in [-0.2, -0.15) is 0 Å². The number of nitrogens with two attached hydrogens (primary N) is 2. The topological polar surface area (TPSA) is 52.0 Å². The molecular formula is C10H20N2. The van der Waals surface area contributed by atoms with Crippen LogP contribution in [0.5, 0.6) is 0 Å². The third-order valence-corrected chi connectivity index (χ3v) is 3.98. The van der Waals surface area contributed by atoms with E-state index in [-0.39, 0.29) is 11.1 Å². The van der Waals surface area contributed by atoms with Crippen LogP contribution in [0.2, 0.25) is 0 Å². The summed E-state index contributed by atoms with van der Waals surface area (Å²) in [5.41, 5.74) is 12.7. The summed E-state index contributed by atoms with van der Waals surface area (Å²) >= 11 is 0. The Hall–Kier alpha value is -0.0800. The summed E-state index contributed by atoms with van der Waals surface area (Å²) in [6.45, 7) is 0. The van der Waals surface area contributed by atoms with Gasteiger partial charge in [0.1, 0.15) is 0 Å². The van der Waals surface area contributed by atoms with E-state index in [2.05, 4.69) is 0 Å². The summed E-state index contributed by atoms with van der Waals surface area (Å²) in [7, 11) is 0. The van der Waals surface area contributed by atoms with Gasteiger partial charge in [0.15, 0.2) is 0 Å². The fourth-order valence-electron chi connectivity index (χ4n) is 3.01. The summed E-state index contributed by atoms with van der Waals surface area (Å²) in [4.78, 5) is 0. The van der Waals surface area contributed by atoms with Gasteiger partial charge in [-0.1, -0.05) is 25.7 Å². The lowest BCUT2D eigenvalue weighted by Gasteiger charge is -2.41. The second-order valence-corrected chi connectivity index (χ2v) is 4.73. The van der Waals surface area contributed by atoms with Crippen LogP contribution in [-0.4, -0.2) is 11.1 Å². The summed E-state index contributed by atoms with van der Waals surface area (Å²) in [6.07, 6.45) is 9.77. The monoisotopic (exact) mass is 168 g/mol. The molecule has 0 aromatic rings. The van der Waals surface area contributed by atoms with Gasteiger partial charge in [-0.3, -0.25) is 0 Å². The van der Waals surface area contributed by atoms with Gasteiger partial charge in [-0.05, 0) is 25.7 Å². The van der Waals surface area contributed by atoms with Gasteiger partial charge in [-0.15, -0.1) is 0 Å². The molecule has 12 heavy (non-hydrogen) atoms. The molecule has 2 heteroatoms. The van der Waals surface area contributed by atoms with E-state index in [1.165, 1.54) is 25.7 Å². The van der Waals surface area contributed by atoms with Crippen LogP contribution in [0.3, 0.4) is 0 Å². The Balaban J connectivity index is 2.14. The predicted octanol–water partition coefficient (Wildman–Crippen LogP) is 1.53. The Morgan fingerprint density at radius 1 is 0.583 bits per heavy atom. The molecule has 2 nitrogen and oxygen atoms in total. The lowest BCUT2D eigenvalue weighted by molar-refractivity contribution is 0.227. The largest absolute Gasteiger partial charge is 0.324 e. The Kier molecular flexibility index (Phi) is 1.92. The highest BCUT2D eigenvalue weighted by molar-refractivity contribution is 5.11. The summed E-state index contributed by atoms with van der Waals surface area (Å²) in [6, 6.07) is 0. The standard InChI is InChI=1S/C10H20N2/c11-9(5-1-2-6-9)10(12)7-3-4-8-10/h1-8,11-12H2. The maximum absolute atomic E-state index is 6.37. The van der Waals surface area contributed by atoms with Crippen LogP contribution in [-0.2, 0) is 0 Å². The minimum atomic E-state index is -0.0104. The summed E-state index contributed by atoms with van der Waals surface area (Å²) in [5.74, 6) is 0. The fraction of sp³-hybridized carbons (Fsp3) is 1.00. The van der Waals surface area contributed by atoms with Crippen LogP contribution in [0.1, 0.15) is 51.4 Å². The van der Waals surface area contributed by atoms with E-state index >= 15 is 0 Å². The van der Waals surface area contributed by atoms with Crippen LogP contribution in [0.25, 0.3) is 0 Å². The maximum atomic E-state index is 6.37. The summed E-state index contributed by atoms with van der Waals surface area (Å²) in [5, 5.41) is 0. The van der Waals surface area contributed by atoms with Crippen LogP contribution in [0.4, 0.5) is 0 Å². The van der Waals surface area contributed by atoms with E-state index in [9.17, 15) is 0 Å². The van der Waals surface area contributed by atoms with Crippen molar-refractivity contribution >= 4 is 0 Å². The molecule has 2 saturated carbocycles. The van der Waals surface area contributed by atoms with E-state index in [1.54, 1.807) is 0 Å². The van der Waals surface area contributed by atoms with Crippen LogP contribution in [0.15, 0.2) is 0 Å². The van der Waals surface area contributed by atoms with Gasteiger partial charge in [0.2, 0.25) is 0 Å². The maximum Gasteiger partial charge on any atom is 0.0336 e. The Labute approximate surface area is 74.7 Å². The van der Waals surface area contributed by atoms with Gasteiger partial charge in [-0.25, -0.2) is 0 Å². The van der Waals surface area contributed by atoms with Crippen molar-refractivity contribution in [2.45, 2.75) is 62.4 Å². The van der Waals surface area contributed by atoms with Gasteiger partial charge < -0.3 is 11.5 Å². The second kappa shape index (κ2) is 2.71. The first-order valence-electron chi connectivity index (χ1n) is 5.24. The third-order valence-electron chi connectivity index (χ3n) is 3.98. The molecule has 2 aliphatic carbocycles. The van der Waals surface area contributed by atoms with Crippen molar-refractivity contribution in [3.05, 3.63) is 0 Å². The fourth-order valence-corrected chi connectivity index (χ4v) is 3.01. The van der Waals surface area contributed by atoms with Gasteiger partial charge in [0.25, 0.3) is 0 Å². The molecule has 0 heterocycles. The first-order valence-corrected chi connectivity index (χ1v) is 5.24. The smallest absolute Gasteiger partial charge is 0.0336 e. The lowest BCUT2D eigenvalue weighted by Crippen LogP contribution is -2.62. The van der Waals surface area contributed by atoms with E-state index in [0.717, 1.165) is 25.7 Å². The van der Waals surface area contributed by atoms with Crippen molar-refractivity contribution in [1.29, 1.82) is 0 Å². The van der Waals surface area contributed by atoms with E-state index in [4.69, 9.17) is 11.5 Å². The molecular weight excluding hydrogens is 148 g/mol. The zero-order valence-electron chi connectivity index (χ0n) is 7.81. The molecule has 0 bridgehead atoms. The normalized spacial score (nSPS) is 32.5. The average molecular weight is 168 g/mol. The molecule has 0 aliphatic heterocycles. The molecule has 0 aromatic heterocycles. The molecule has 2 fully saturated rings. The van der Waals surface area contributed by atoms with E-state index in [1.807, 2.05) is 0 Å². The first-order chi connectivity index (χ1) is 5.66. The van der Waals surface area contributed by atoms with Crippen LogP contribution in [0, 0.1) is 0 Å². The zero-order valence-corrected chi connectivity index (χ0v) is 7.81. The van der Waals surface area contributed by atoms with Crippen molar-refractivity contribution < 1.29 is 0 Å². The van der Waals surface area contributed by atoms with Crippen molar-refractivity contribution in [2.75, 3.05) is 0 Å². The lowest BCUT2D eigenvalue weighted by atomic mass is 9.75. The summed E-state index contributed by atoms with van der Waals surface area (Å²) < 4.78 is 0. The third kappa shape index (κ3) is 1.09. The molecule has 0 amide bonds. The van der Waals surface area contributed by atoms with E-state index < -0.39 is 0 Å². The molecule has 0 radical (unpaired) electrons. The molecule has 0 saturated heterocycles. The minimum Gasteiger partial charge on any atom is -0.324 e. The molecule has 0 unspecified atom stereocenters. The number of hydrogen-bond donors (Lipinski definition) is 2. The first kappa shape index (κ1) is 8.52. The molecule has 0 atom stereocenters. The van der Waals surface area contributed by atoms with Crippen LogP contribution < -0.4 is 11.5 Å². The van der Waals surface area contributed by atoms with Gasteiger partial charge in [0.05, 0.1) is 0 Å². The Morgan fingerprint density at radius 3 is 1.08 bits per heavy atom. The quantitative estimate of drug-likeness (QED) is 0.624. The predicted molar refractivity (Wildman–Crippen MR) is 50.8 cm³/mol. The number of hydrogen-bond acceptors (Lipinski definition) is 2. The molecule has 4 N–H and O–H groups in total. The SMILES string of the molecule is NC1(C2(N)CCCC2)CCCC1. The zero-order chi connectivity index (χ0) is 8.66. The Morgan fingerprint density at radius 2 is 0.833 bits per heavy atom. The van der Waals surface area contributed by atoms with Crippen molar-refractivity contribution in [1.82, 2.24) is 0 Å². The molecule has 2 rings (SSSR count). The van der Waals surface area contributed by atoms with Crippen LogP contribution >= 0.6 is 0 Å². The molecule has 70 valence electrons. The minimum absolute atomic E-state index is 0.0104. The molecule has 0 spiro atoms. The van der Waals surface area contributed by atoms with E-state index in [0.29, 0.717) is 0 Å². The van der Waals surface area contributed by atoms with Gasteiger partial charge >= 0.3 is 0 Å². The highest BCUT2D eigenvalue weighted by atomic mass is 14.9. The highest BCUT2D eigenvalue weighted by Gasteiger charge is 2.48. The Bertz CT molecular complexity index is 145. The molecule has 2 aliphatic rings. The highest BCUT2D eigenvalue weighted by Crippen LogP contribution is 2.43. The molecule has 0 aromatic carbocycles. The average Bonchev–Trinajstić information content (AvgIpc) is 2.60. The van der Waals surface area contributed by atoms with Crippen molar-refractivity contribution in [3.63, 3.8) is 0 Å². The van der Waals surface area contributed by atoms with Crippen molar-refractivity contribution in [2.24, 2.45) is 11.5 Å². The number of rotatable bonds is 1. The van der Waals surface area contributed by atoms with Crippen molar-refractivity contribution in [3.8, 4) is 0 Å². The second-order valence-electron chi connectivity index (χ2n) is 4.73. The van der Waals surface area contributed by atoms with Gasteiger partial charge in [0, 0.05) is 11.1 Å².